The first-order valence-electron chi connectivity index (χ1n) is 9.12. The van der Waals surface area contributed by atoms with Crippen LogP contribution in [0.5, 0.6) is 0 Å². The second kappa shape index (κ2) is 6.61. The summed E-state index contributed by atoms with van der Waals surface area (Å²) < 4.78 is 0. The molecule has 3 aliphatic rings. The highest BCUT2D eigenvalue weighted by Gasteiger charge is 2.42. The van der Waals surface area contributed by atoms with Gasteiger partial charge in [-0.15, -0.1) is 0 Å². The lowest BCUT2D eigenvalue weighted by Crippen LogP contribution is -2.46. The Bertz CT molecular complexity index is 677. The maximum Gasteiger partial charge on any atom is 0.228 e. The summed E-state index contributed by atoms with van der Waals surface area (Å²) in [6.07, 6.45) is 3.64. The molecule has 2 amide bonds. The van der Waals surface area contributed by atoms with Gasteiger partial charge < -0.3 is 15.1 Å². The van der Waals surface area contributed by atoms with E-state index in [1.165, 1.54) is 6.42 Å². The Morgan fingerprint density at radius 2 is 1.96 bits per heavy atom. The third-order valence-corrected chi connectivity index (χ3v) is 6.41. The zero-order valence-electron chi connectivity index (χ0n) is 14.3. The molecule has 3 aliphatic heterocycles. The first-order chi connectivity index (χ1) is 12.1. The van der Waals surface area contributed by atoms with Crippen molar-refractivity contribution in [3.8, 4) is 0 Å². The molecule has 134 valence electrons. The monoisotopic (exact) mass is 361 g/mol. The summed E-state index contributed by atoms with van der Waals surface area (Å²) in [5.74, 6) is -0.136. The highest BCUT2D eigenvalue weighted by molar-refractivity contribution is 6.33. The van der Waals surface area contributed by atoms with Crippen LogP contribution in [0.15, 0.2) is 24.3 Å². The van der Waals surface area contributed by atoms with Gasteiger partial charge in [0.05, 0.1) is 16.6 Å². The number of hydrogen-bond donors (Lipinski definition) is 1. The normalized spacial score (nSPS) is 25.8. The van der Waals surface area contributed by atoms with Crippen LogP contribution in [0.2, 0.25) is 5.02 Å². The number of carbonyl (C=O) groups is 2. The largest absolute Gasteiger partial charge is 0.342 e. The van der Waals surface area contributed by atoms with Crippen molar-refractivity contribution in [1.29, 1.82) is 0 Å². The number of para-hydroxylation sites is 1. The molecule has 1 unspecified atom stereocenters. The summed E-state index contributed by atoms with van der Waals surface area (Å²) in [5, 5.41) is 4.00. The maximum atomic E-state index is 12.9. The average molecular weight is 362 g/mol. The zero-order valence-corrected chi connectivity index (χ0v) is 15.1. The van der Waals surface area contributed by atoms with Crippen molar-refractivity contribution in [1.82, 2.24) is 10.2 Å². The summed E-state index contributed by atoms with van der Waals surface area (Å²) in [5.41, 5.74) is 1.10. The van der Waals surface area contributed by atoms with E-state index in [0.29, 0.717) is 22.7 Å². The fourth-order valence-corrected chi connectivity index (χ4v) is 4.70. The summed E-state index contributed by atoms with van der Waals surface area (Å²) in [6.45, 7) is 4.24. The van der Waals surface area contributed by atoms with Crippen LogP contribution in [0.3, 0.4) is 0 Å². The van der Waals surface area contributed by atoms with Gasteiger partial charge in [0, 0.05) is 32.6 Å². The van der Waals surface area contributed by atoms with Crippen molar-refractivity contribution in [2.45, 2.75) is 25.7 Å². The number of carbonyl (C=O) groups excluding carboxylic acids is 2. The predicted octanol–water partition coefficient (Wildman–Crippen LogP) is 2.29. The highest BCUT2D eigenvalue weighted by atomic mass is 35.5. The summed E-state index contributed by atoms with van der Waals surface area (Å²) in [6, 6.07) is 7.32. The van der Waals surface area contributed by atoms with Crippen LogP contribution >= 0.6 is 11.6 Å². The topological polar surface area (TPSA) is 52.7 Å². The predicted molar refractivity (Wildman–Crippen MR) is 97.6 cm³/mol. The van der Waals surface area contributed by atoms with Gasteiger partial charge in [-0.1, -0.05) is 23.7 Å². The van der Waals surface area contributed by atoms with Crippen LogP contribution in [0, 0.1) is 11.3 Å². The van der Waals surface area contributed by atoms with E-state index in [4.69, 9.17) is 11.6 Å². The van der Waals surface area contributed by atoms with Gasteiger partial charge in [0.2, 0.25) is 11.8 Å². The third kappa shape index (κ3) is 3.15. The van der Waals surface area contributed by atoms with E-state index in [0.717, 1.165) is 39.0 Å². The molecular formula is C19H24ClN3O2. The third-order valence-electron chi connectivity index (χ3n) is 6.09. The van der Waals surface area contributed by atoms with Crippen LogP contribution < -0.4 is 10.2 Å². The molecule has 1 aromatic rings. The number of benzene rings is 1. The van der Waals surface area contributed by atoms with Crippen molar-refractivity contribution >= 4 is 29.1 Å². The first-order valence-corrected chi connectivity index (χ1v) is 9.50. The van der Waals surface area contributed by atoms with Crippen molar-refractivity contribution in [2.75, 3.05) is 37.6 Å². The average Bonchev–Trinajstić information content (AvgIpc) is 3.23. The number of nitrogens with one attached hydrogen (secondary N) is 1. The minimum Gasteiger partial charge on any atom is -0.342 e. The smallest absolute Gasteiger partial charge is 0.228 e. The van der Waals surface area contributed by atoms with E-state index >= 15 is 0 Å². The molecule has 1 N–H and O–H groups in total. The van der Waals surface area contributed by atoms with E-state index in [-0.39, 0.29) is 24.2 Å². The molecule has 3 saturated heterocycles. The number of likely N-dealkylation sites (tertiary alicyclic amines) is 1. The van der Waals surface area contributed by atoms with Crippen LogP contribution in [-0.4, -0.2) is 49.4 Å². The highest BCUT2D eigenvalue weighted by Crippen LogP contribution is 2.38. The molecule has 0 radical (unpaired) electrons. The SMILES string of the molecule is O=C(C1CC(=O)N(c2ccccc2Cl)C1)N1CCC2(CCNC2)CC1. The number of halogens is 1. The molecule has 0 aliphatic carbocycles. The first kappa shape index (κ1) is 16.9. The Morgan fingerprint density at radius 3 is 2.64 bits per heavy atom. The quantitative estimate of drug-likeness (QED) is 0.879. The van der Waals surface area contributed by atoms with Crippen molar-refractivity contribution in [3.05, 3.63) is 29.3 Å². The molecule has 5 nitrogen and oxygen atoms in total. The second-order valence-corrected chi connectivity index (χ2v) is 8.02. The van der Waals surface area contributed by atoms with Gasteiger partial charge in [-0.2, -0.15) is 0 Å². The van der Waals surface area contributed by atoms with Gasteiger partial charge in [0.25, 0.3) is 0 Å². The van der Waals surface area contributed by atoms with Gasteiger partial charge >= 0.3 is 0 Å². The van der Waals surface area contributed by atoms with Gasteiger partial charge in [-0.25, -0.2) is 0 Å². The summed E-state index contributed by atoms with van der Waals surface area (Å²) >= 11 is 6.22. The van der Waals surface area contributed by atoms with Crippen molar-refractivity contribution in [3.63, 3.8) is 0 Å². The lowest BCUT2D eigenvalue weighted by Gasteiger charge is -2.39. The summed E-state index contributed by atoms with van der Waals surface area (Å²) in [4.78, 5) is 29.0. The van der Waals surface area contributed by atoms with Gasteiger partial charge in [0.15, 0.2) is 0 Å². The molecule has 3 fully saturated rings. The van der Waals surface area contributed by atoms with Crippen LogP contribution in [0.1, 0.15) is 25.7 Å². The second-order valence-electron chi connectivity index (χ2n) is 7.61. The van der Waals surface area contributed by atoms with Crippen LogP contribution in [0.25, 0.3) is 0 Å². The van der Waals surface area contributed by atoms with E-state index in [1.807, 2.05) is 23.1 Å². The van der Waals surface area contributed by atoms with Crippen LogP contribution in [-0.2, 0) is 9.59 Å². The van der Waals surface area contributed by atoms with Crippen molar-refractivity contribution in [2.24, 2.45) is 11.3 Å². The number of hydrogen-bond acceptors (Lipinski definition) is 3. The standard InChI is InChI=1S/C19H24ClN3O2/c20-15-3-1-2-4-16(15)23-12-14(11-17(23)24)18(25)22-9-6-19(7-10-22)5-8-21-13-19/h1-4,14,21H,5-13H2. The van der Waals surface area contributed by atoms with E-state index < -0.39 is 0 Å². The number of anilines is 1. The molecule has 1 aromatic carbocycles. The molecule has 3 heterocycles. The minimum atomic E-state index is -0.250. The number of amides is 2. The molecule has 0 saturated carbocycles. The Labute approximate surface area is 153 Å². The Morgan fingerprint density at radius 1 is 1.20 bits per heavy atom. The molecule has 0 bridgehead atoms. The fourth-order valence-electron chi connectivity index (χ4n) is 4.46. The fraction of sp³-hybridized carbons (Fsp3) is 0.579. The summed E-state index contributed by atoms with van der Waals surface area (Å²) in [7, 11) is 0. The molecule has 1 spiro atoms. The van der Waals surface area contributed by atoms with Gasteiger partial charge in [0.1, 0.15) is 0 Å². The molecule has 0 aromatic heterocycles. The molecule has 25 heavy (non-hydrogen) atoms. The number of nitrogens with zero attached hydrogens (tertiary/aromatic N) is 2. The molecule has 4 rings (SSSR count). The van der Waals surface area contributed by atoms with E-state index in [1.54, 1.807) is 11.0 Å². The maximum absolute atomic E-state index is 12.9. The lowest BCUT2D eigenvalue weighted by molar-refractivity contribution is -0.137. The molecule has 1 atom stereocenters. The molecule has 6 heteroatoms. The van der Waals surface area contributed by atoms with E-state index in [2.05, 4.69) is 5.32 Å². The minimum absolute atomic E-state index is 0.0140. The number of piperidine rings is 1. The van der Waals surface area contributed by atoms with Crippen LogP contribution in [0.4, 0.5) is 5.69 Å². The van der Waals surface area contributed by atoms with Gasteiger partial charge in [-0.3, -0.25) is 9.59 Å². The Kier molecular flexibility index (Phi) is 4.46. The Hall–Kier alpha value is -1.59. The van der Waals surface area contributed by atoms with Crippen molar-refractivity contribution < 1.29 is 9.59 Å². The Balaban J connectivity index is 1.40. The zero-order chi connectivity index (χ0) is 17.4. The van der Waals surface area contributed by atoms with E-state index in [9.17, 15) is 9.59 Å². The lowest BCUT2D eigenvalue weighted by atomic mass is 9.77. The number of rotatable bonds is 2. The molecular weight excluding hydrogens is 338 g/mol. The van der Waals surface area contributed by atoms with Gasteiger partial charge in [-0.05, 0) is 43.4 Å².